The quantitative estimate of drug-likeness (QED) is 0.753. The summed E-state index contributed by atoms with van der Waals surface area (Å²) in [4.78, 5) is 37.9. The molecule has 2 rings (SSSR count). The van der Waals surface area contributed by atoms with Gasteiger partial charge in [0.25, 0.3) is 0 Å². The number of ether oxygens (including phenoxy) is 1. The third-order valence-corrected chi connectivity index (χ3v) is 5.11. The molecule has 136 valence electrons. The van der Waals surface area contributed by atoms with E-state index in [1.165, 1.54) is 0 Å². The predicted octanol–water partition coefficient (Wildman–Crippen LogP) is 1.02. The lowest BCUT2D eigenvalue weighted by Crippen LogP contribution is -2.50. The molecule has 7 nitrogen and oxygen atoms in total. The number of amides is 2. The minimum Gasteiger partial charge on any atom is -0.481 e. The monoisotopic (exact) mass is 340 g/mol. The Balaban J connectivity index is 1.89. The summed E-state index contributed by atoms with van der Waals surface area (Å²) in [6, 6.07) is 0. The Hall–Kier alpha value is -1.63. The Morgan fingerprint density at radius 3 is 2.62 bits per heavy atom. The lowest BCUT2D eigenvalue weighted by molar-refractivity contribution is -0.154. The number of rotatable bonds is 6. The zero-order chi connectivity index (χ0) is 17.6. The molecule has 2 heterocycles. The Labute approximate surface area is 142 Å². The molecule has 2 N–H and O–H groups in total. The number of nitrogens with one attached hydrogen (secondary N) is 1. The van der Waals surface area contributed by atoms with Gasteiger partial charge in [-0.15, -0.1) is 0 Å². The van der Waals surface area contributed by atoms with Crippen LogP contribution in [0.2, 0.25) is 0 Å². The number of hydrogen-bond donors (Lipinski definition) is 2. The molecule has 2 aliphatic heterocycles. The summed E-state index contributed by atoms with van der Waals surface area (Å²) in [7, 11) is 0. The summed E-state index contributed by atoms with van der Waals surface area (Å²) in [5.41, 5.74) is -0.930. The fraction of sp³-hybridized carbons (Fsp3) is 0.824. The Morgan fingerprint density at radius 1 is 1.29 bits per heavy atom. The van der Waals surface area contributed by atoms with Crippen molar-refractivity contribution in [3.8, 4) is 0 Å². The number of carbonyl (C=O) groups excluding carboxylic acids is 2. The lowest BCUT2D eigenvalue weighted by Gasteiger charge is -2.35. The van der Waals surface area contributed by atoms with Gasteiger partial charge in [-0.2, -0.15) is 0 Å². The van der Waals surface area contributed by atoms with Crippen LogP contribution in [0.3, 0.4) is 0 Å². The molecule has 0 bridgehead atoms. The second kappa shape index (κ2) is 8.46. The van der Waals surface area contributed by atoms with E-state index < -0.39 is 11.4 Å². The van der Waals surface area contributed by atoms with Crippen LogP contribution in [0.25, 0.3) is 0 Å². The molecule has 1 atom stereocenters. The smallest absolute Gasteiger partial charge is 0.311 e. The second-order valence-corrected chi connectivity index (χ2v) is 6.84. The third kappa shape index (κ3) is 4.47. The molecular weight excluding hydrogens is 312 g/mol. The number of hydrogen-bond acceptors (Lipinski definition) is 4. The molecule has 7 heteroatoms. The van der Waals surface area contributed by atoms with Gasteiger partial charge in [0, 0.05) is 39.3 Å². The molecule has 2 saturated heterocycles. The molecule has 24 heavy (non-hydrogen) atoms. The van der Waals surface area contributed by atoms with Gasteiger partial charge in [-0.1, -0.05) is 6.92 Å². The molecular formula is C17H28N2O5. The van der Waals surface area contributed by atoms with Crippen molar-refractivity contribution in [2.45, 2.75) is 45.4 Å². The largest absolute Gasteiger partial charge is 0.481 e. The average molecular weight is 340 g/mol. The first-order valence-electron chi connectivity index (χ1n) is 8.85. The minimum atomic E-state index is -0.930. The van der Waals surface area contributed by atoms with Crippen LogP contribution in [0.4, 0.5) is 0 Å². The maximum Gasteiger partial charge on any atom is 0.311 e. The van der Waals surface area contributed by atoms with Crippen LogP contribution >= 0.6 is 0 Å². The van der Waals surface area contributed by atoms with Crippen LogP contribution in [-0.2, 0) is 19.1 Å². The zero-order valence-electron chi connectivity index (χ0n) is 14.4. The number of carbonyl (C=O) groups is 3. The first kappa shape index (κ1) is 18.7. The van der Waals surface area contributed by atoms with Crippen LogP contribution in [0.1, 0.15) is 45.4 Å². The van der Waals surface area contributed by atoms with E-state index in [2.05, 4.69) is 5.32 Å². The molecule has 0 spiro atoms. The van der Waals surface area contributed by atoms with Crippen molar-refractivity contribution in [1.29, 1.82) is 0 Å². The highest BCUT2D eigenvalue weighted by Crippen LogP contribution is 2.30. The van der Waals surface area contributed by atoms with Crippen LogP contribution in [0.15, 0.2) is 0 Å². The van der Waals surface area contributed by atoms with Crippen LogP contribution < -0.4 is 5.32 Å². The standard InChI is InChI=1S/C17H28N2O5/c1-2-4-14(20)19-8-3-5-13(11-19)15(21)18-12-17(16(22)23)6-9-24-10-7-17/h13H,2-12H2,1H3,(H,18,21)(H,22,23). The maximum atomic E-state index is 12.5. The topological polar surface area (TPSA) is 95.9 Å². The Kier molecular flexibility index (Phi) is 6.60. The predicted molar refractivity (Wildman–Crippen MR) is 87.3 cm³/mol. The highest BCUT2D eigenvalue weighted by Gasteiger charge is 2.41. The van der Waals surface area contributed by atoms with Crippen molar-refractivity contribution in [3.05, 3.63) is 0 Å². The SMILES string of the molecule is CCCC(=O)N1CCCC(C(=O)NCC2(C(=O)O)CCOCC2)C1. The van der Waals surface area contributed by atoms with Gasteiger partial charge < -0.3 is 20.1 Å². The Morgan fingerprint density at radius 2 is 2.00 bits per heavy atom. The van der Waals surface area contributed by atoms with E-state index in [1.54, 1.807) is 4.90 Å². The molecule has 2 fully saturated rings. The van der Waals surface area contributed by atoms with E-state index in [4.69, 9.17) is 4.74 Å². The van der Waals surface area contributed by atoms with Crippen molar-refractivity contribution >= 4 is 17.8 Å². The van der Waals surface area contributed by atoms with E-state index in [-0.39, 0.29) is 24.3 Å². The summed E-state index contributed by atoms with van der Waals surface area (Å²) in [5, 5.41) is 12.3. The van der Waals surface area contributed by atoms with Crippen molar-refractivity contribution in [2.24, 2.45) is 11.3 Å². The highest BCUT2D eigenvalue weighted by molar-refractivity contribution is 5.82. The van der Waals surface area contributed by atoms with Gasteiger partial charge in [-0.25, -0.2) is 0 Å². The second-order valence-electron chi connectivity index (χ2n) is 6.84. The van der Waals surface area contributed by atoms with Crippen LogP contribution in [-0.4, -0.2) is 60.6 Å². The summed E-state index contributed by atoms with van der Waals surface area (Å²) >= 11 is 0. The van der Waals surface area contributed by atoms with E-state index in [0.29, 0.717) is 45.6 Å². The summed E-state index contributed by atoms with van der Waals surface area (Å²) < 4.78 is 5.24. The van der Waals surface area contributed by atoms with Gasteiger partial charge in [-0.05, 0) is 32.1 Å². The van der Waals surface area contributed by atoms with E-state index in [1.807, 2.05) is 6.92 Å². The summed E-state index contributed by atoms with van der Waals surface area (Å²) in [5.74, 6) is -1.17. The van der Waals surface area contributed by atoms with E-state index >= 15 is 0 Å². The number of likely N-dealkylation sites (tertiary alicyclic amines) is 1. The van der Waals surface area contributed by atoms with Gasteiger partial charge in [0.15, 0.2) is 0 Å². The average Bonchev–Trinajstić information content (AvgIpc) is 2.60. The molecule has 0 aromatic carbocycles. The van der Waals surface area contributed by atoms with Crippen molar-refractivity contribution in [3.63, 3.8) is 0 Å². The van der Waals surface area contributed by atoms with Gasteiger partial charge in [-0.3, -0.25) is 14.4 Å². The van der Waals surface area contributed by atoms with Gasteiger partial charge in [0.1, 0.15) is 0 Å². The minimum absolute atomic E-state index is 0.0986. The lowest BCUT2D eigenvalue weighted by atomic mass is 9.80. The zero-order valence-corrected chi connectivity index (χ0v) is 14.4. The first-order valence-corrected chi connectivity index (χ1v) is 8.85. The van der Waals surface area contributed by atoms with E-state index in [0.717, 1.165) is 19.3 Å². The van der Waals surface area contributed by atoms with Gasteiger partial charge in [0.2, 0.25) is 11.8 Å². The summed E-state index contributed by atoms with van der Waals surface area (Å²) in [6.45, 7) is 4.05. The van der Waals surface area contributed by atoms with Crippen molar-refractivity contribution in [1.82, 2.24) is 10.2 Å². The fourth-order valence-electron chi connectivity index (χ4n) is 3.42. The molecule has 2 amide bonds. The van der Waals surface area contributed by atoms with Crippen LogP contribution in [0.5, 0.6) is 0 Å². The number of carboxylic acids is 1. The molecule has 1 unspecified atom stereocenters. The molecule has 2 aliphatic rings. The Bertz CT molecular complexity index is 474. The third-order valence-electron chi connectivity index (χ3n) is 5.11. The fourth-order valence-corrected chi connectivity index (χ4v) is 3.42. The molecule has 0 saturated carbocycles. The summed E-state index contributed by atoms with van der Waals surface area (Å²) in [6.07, 6.45) is 3.69. The first-order chi connectivity index (χ1) is 11.5. The van der Waals surface area contributed by atoms with Gasteiger partial charge >= 0.3 is 5.97 Å². The normalized spacial score (nSPS) is 23.5. The molecule has 0 aliphatic carbocycles. The number of nitrogens with zero attached hydrogens (tertiary/aromatic N) is 1. The maximum absolute atomic E-state index is 12.5. The molecule has 0 radical (unpaired) electrons. The number of aliphatic carboxylic acids is 1. The number of piperidine rings is 1. The van der Waals surface area contributed by atoms with Crippen molar-refractivity contribution < 1.29 is 24.2 Å². The molecule has 0 aromatic heterocycles. The number of carboxylic acid groups (broad SMARTS) is 1. The van der Waals surface area contributed by atoms with Gasteiger partial charge in [0.05, 0.1) is 11.3 Å². The van der Waals surface area contributed by atoms with Crippen LogP contribution in [0, 0.1) is 11.3 Å². The highest BCUT2D eigenvalue weighted by atomic mass is 16.5. The molecule has 0 aromatic rings. The van der Waals surface area contributed by atoms with E-state index in [9.17, 15) is 19.5 Å². The van der Waals surface area contributed by atoms with Crippen molar-refractivity contribution in [2.75, 3.05) is 32.8 Å².